The van der Waals surface area contributed by atoms with Gasteiger partial charge in [-0.1, -0.05) is 61.5 Å². The zero-order valence-corrected chi connectivity index (χ0v) is 12.4. The largest absolute Gasteiger partial charge is 0.294 e. The second kappa shape index (κ2) is 6.09. The normalized spacial score (nSPS) is 17.1. The molecular weight excluding hydrogens is 256 g/mol. The summed E-state index contributed by atoms with van der Waals surface area (Å²) in [5, 5.41) is 0. The zero-order chi connectivity index (χ0) is 14.7. The zero-order valence-electron chi connectivity index (χ0n) is 12.4. The van der Waals surface area contributed by atoms with Crippen LogP contribution in [0.4, 0.5) is 0 Å². The molecular formula is C20H20O. The quantitative estimate of drug-likeness (QED) is 0.562. The summed E-state index contributed by atoms with van der Waals surface area (Å²) in [4.78, 5) is 12.7. The van der Waals surface area contributed by atoms with Gasteiger partial charge in [-0.05, 0) is 41.5 Å². The SMILES string of the molecule is CC/C(=C1\C(=O)CCCc2ccccc21)c1ccccc1. The van der Waals surface area contributed by atoms with Crippen LogP contribution in [-0.4, -0.2) is 5.78 Å². The number of Topliss-reactive ketones (excluding diaryl/α,β-unsaturated/α-hetero) is 1. The van der Waals surface area contributed by atoms with Crippen molar-refractivity contribution >= 4 is 16.9 Å². The second-order valence-corrected chi connectivity index (χ2v) is 5.51. The van der Waals surface area contributed by atoms with Gasteiger partial charge in [-0.15, -0.1) is 0 Å². The Bertz CT molecular complexity index is 680. The molecule has 0 bridgehead atoms. The van der Waals surface area contributed by atoms with Gasteiger partial charge in [0.2, 0.25) is 0 Å². The molecule has 0 aromatic heterocycles. The highest BCUT2D eigenvalue weighted by Gasteiger charge is 2.22. The predicted molar refractivity (Wildman–Crippen MR) is 87.9 cm³/mol. The minimum Gasteiger partial charge on any atom is -0.294 e. The fraction of sp³-hybridized carbons (Fsp3) is 0.250. The monoisotopic (exact) mass is 276 g/mol. The van der Waals surface area contributed by atoms with Crippen LogP contribution in [0.2, 0.25) is 0 Å². The lowest BCUT2D eigenvalue weighted by molar-refractivity contribution is -0.113. The molecule has 0 fully saturated rings. The first-order valence-electron chi connectivity index (χ1n) is 7.71. The maximum Gasteiger partial charge on any atom is 0.163 e. The molecule has 1 nitrogen and oxygen atoms in total. The molecule has 3 rings (SSSR count). The van der Waals surface area contributed by atoms with E-state index in [1.165, 1.54) is 16.7 Å². The molecule has 0 aliphatic heterocycles. The van der Waals surface area contributed by atoms with Crippen molar-refractivity contribution in [3.63, 3.8) is 0 Å². The van der Waals surface area contributed by atoms with E-state index < -0.39 is 0 Å². The predicted octanol–water partition coefficient (Wildman–Crippen LogP) is 4.91. The topological polar surface area (TPSA) is 17.1 Å². The van der Waals surface area contributed by atoms with Crippen LogP contribution in [0.25, 0.3) is 11.1 Å². The average Bonchev–Trinajstić information content (AvgIpc) is 2.69. The van der Waals surface area contributed by atoms with Gasteiger partial charge in [0.15, 0.2) is 5.78 Å². The smallest absolute Gasteiger partial charge is 0.163 e. The molecule has 0 saturated carbocycles. The van der Waals surface area contributed by atoms with Crippen LogP contribution in [0.5, 0.6) is 0 Å². The summed E-state index contributed by atoms with van der Waals surface area (Å²) in [5.74, 6) is 0.292. The van der Waals surface area contributed by atoms with Crippen LogP contribution >= 0.6 is 0 Å². The first-order chi connectivity index (χ1) is 10.3. The van der Waals surface area contributed by atoms with Crippen LogP contribution < -0.4 is 0 Å². The minimum absolute atomic E-state index is 0.292. The molecule has 0 saturated heterocycles. The Morgan fingerprint density at radius 2 is 1.67 bits per heavy atom. The number of ketones is 1. The number of aryl methyl sites for hydroxylation is 1. The van der Waals surface area contributed by atoms with Crippen molar-refractivity contribution in [1.82, 2.24) is 0 Å². The first kappa shape index (κ1) is 13.8. The Balaban J connectivity index is 2.26. The number of allylic oxidation sites excluding steroid dienone is 2. The number of rotatable bonds is 2. The van der Waals surface area contributed by atoms with E-state index in [2.05, 4.69) is 37.3 Å². The molecule has 0 N–H and O–H groups in total. The van der Waals surface area contributed by atoms with Crippen molar-refractivity contribution in [1.29, 1.82) is 0 Å². The summed E-state index contributed by atoms with van der Waals surface area (Å²) >= 11 is 0. The molecule has 2 aromatic carbocycles. The van der Waals surface area contributed by atoms with Gasteiger partial charge in [0.25, 0.3) is 0 Å². The third kappa shape index (κ3) is 2.69. The van der Waals surface area contributed by atoms with Crippen molar-refractivity contribution in [3.05, 3.63) is 71.3 Å². The number of hydrogen-bond donors (Lipinski definition) is 0. The van der Waals surface area contributed by atoms with E-state index in [0.29, 0.717) is 12.2 Å². The third-order valence-electron chi connectivity index (χ3n) is 4.19. The summed E-state index contributed by atoms with van der Waals surface area (Å²) in [7, 11) is 0. The Morgan fingerprint density at radius 1 is 0.952 bits per heavy atom. The van der Waals surface area contributed by atoms with E-state index in [1.54, 1.807) is 0 Å². The molecule has 1 aliphatic rings. The lowest BCUT2D eigenvalue weighted by Gasteiger charge is -2.14. The van der Waals surface area contributed by atoms with Crippen LogP contribution in [0.15, 0.2) is 54.6 Å². The van der Waals surface area contributed by atoms with Gasteiger partial charge in [-0.2, -0.15) is 0 Å². The third-order valence-corrected chi connectivity index (χ3v) is 4.19. The standard InChI is InChI=1S/C20H20O/c1-2-17(15-9-4-3-5-10-15)20-18-13-7-6-11-16(18)12-8-14-19(20)21/h3-7,9-11,13H,2,8,12,14H2,1H3/b20-17+. The van der Waals surface area contributed by atoms with Gasteiger partial charge in [0.05, 0.1) is 0 Å². The highest BCUT2D eigenvalue weighted by atomic mass is 16.1. The van der Waals surface area contributed by atoms with E-state index in [4.69, 9.17) is 0 Å². The van der Waals surface area contributed by atoms with Gasteiger partial charge in [-0.3, -0.25) is 4.79 Å². The summed E-state index contributed by atoms with van der Waals surface area (Å²) in [6, 6.07) is 18.7. The molecule has 2 aromatic rings. The second-order valence-electron chi connectivity index (χ2n) is 5.51. The summed E-state index contributed by atoms with van der Waals surface area (Å²) < 4.78 is 0. The van der Waals surface area contributed by atoms with Crippen molar-refractivity contribution in [3.8, 4) is 0 Å². The molecule has 106 valence electrons. The van der Waals surface area contributed by atoms with E-state index in [1.807, 2.05) is 24.3 Å². The molecule has 1 aliphatic carbocycles. The molecule has 0 spiro atoms. The van der Waals surface area contributed by atoms with Crippen LogP contribution in [-0.2, 0) is 11.2 Å². The van der Waals surface area contributed by atoms with Gasteiger partial charge in [0.1, 0.15) is 0 Å². The molecule has 0 atom stereocenters. The molecule has 0 amide bonds. The number of carbonyl (C=O) groups excluding carboxylic acids is 1. The highest BCUT2D eigenvalue weighted by Crippen LogP contribution is 2.35. The number of hydrogen-bond acceptors (Lipinski definition) is 1. The van der Waals surface area contributed by atoms with Gasteiger partial charge < -0.3 is 0 Å². The van der Waals surface area contributed by atoms with E-state index in [9.17, 15) is 4.79 Å². The van der Waals surface area contributed by atoms with Crippen molar-refractivity contribution < 1.29 is 4.79 Å². The fourth-order valence-corrected chi connectivity index (χ4v) is 3.19. The highest BCUT2D eigenvalue weighted by molar-refractivity contribution is 6.28. The summed E-state index contributed by atoms with van der Waals surface area (Å²) in [6.45, 7) is 2.14. The lowest BCUT2D eigenvalue weighted by atomic mass is 9.89. The molecule has 21 heavy (non-hydrogen) atoms. The Hall–Kier alpha value is -2.15. The molecule has 0 unspecified atom stereocenters. The maximum absolute atomic E-state index is 12.7. The van der Waals surface area contributed by atoms with Crippen molar-refractivity contribution in [2.24, 2.45) is 0 Å². The van der Waals surface area contributed by atoms with Crippen LogP contribution in [0.3, 0.4) is 0 Å². The van der Waals surface area contributed by atoms with E-state index in [0.717, 1.165) is 30.4 Å². The molecule has 0 heterocycles. The molecule has 0 radical (unpaired) electrons. The van der Waals surface area contributed by atoms with E-state index >= 15 is 0 Å². The van der Waals surface area contributed by atoms with Gasteiger partial charge in [0, 0.05) is 12.0 Å². The van der Waals surface area contributed by atoms with Crippen molar-refractivity contribution in [2.75, 3.05) is 0 Å². The Kier molecular flexibility index (Phi) is 4.01. The summed E-state index contributed by atoms with van der Waals surface area (Å²) in [5.41, 5.74) is 5.73. The fourth-order valence-electron chi connectivity index (χ4n) is 3.19. The number of fused-ring (bicyclic) bond motifs is 1. The van der Waals surface area contributed by atoms with E-state index in [-0.39, 0.29) is 0 Å². The minimum atomic E-state index is 0.292. The lowest BCUT2D eigenvalue weighted by Crippen LogP contribution is -2.03. The number of carbonyl (C=O) groups is 1. The number of benzene rings is 2. The van der Waals surface area contributed by atoms with Crippen molar-refractivity contribution in [2.45, 2.75) is 32.6 Å². The van der Waals surface area contributed by atoms with Gasteiger partial charge in [-0.25, -0.2) is 0 Å². The van der Waals surface area contributed by atoms with Crippen LogP contribution in [0, 0.1) is 0 Å². The first-order valence-corrected chi connectivity index (χ1v) is 7.71. The Labute approximate surface area is 126 Å². The Morgan fingerprint density at radius 3 is 2.43 bits per heavy atom. The van der Waals surface area contributed by atoms with Crippen LogP contribution in [0.1, 0.15) is 42.9 Å². The van der Waals surface area contributed by atoms with Gasteiger partial charge >= 0.3 is 0 Å². The average molecular weight is 276 g/mol. The maximum atomic E-state index is 12.7. The molecule has 1 heteroatoms. The summed E-state index contributed by atoms with van der Waals surface area (Å²) in [6.07, 6.45) is 3.47.